The maximum absolute atomic E-state index is 6.12. The number of hydrogen-bond acceptors (Lipinski definition) is 3. The predicted molar refractivity (Wildman–Crippen MR) is 93.7 cm³/mol. The van der Waals surface area contributed by atoms with Crippen molar-refractivity contribution in [3.63, 3.8) is 0 Å². The monoisotopic (exact) mass is 302 g/mol. The van der Waals surface area contributed by atoms with Crippen LogP contribution < -0.4 is 0 Å². The third-order valence-electron chi connectivity index (χ3n) is 4.48. The van der Waals surface area contributed by atoms with E-state index in [1.54, 1.807) is 0 Å². The van der Waals surface area contributed by atoms with Crippen molar-refractivity contribution in [2.75, 3.05) is 0 Å². The van der Waals surface area contributed by atoms with Gasteiger partial charge in [-0.05, 0) is 62.6 Å². The molecule has 3 heterocycles. The second-order valence-electron chi connectivity index (χ2n) is 6.20. The van der Waals surface area contributed by atoms with Crippen molar-refractivity contribution in [1.29, 1.82) is 0 Å². The van der Waals surface area contributed by atoms with Crippen molar-refractivity contribution in [3.05, 3.63) is 58.9 Å². The third kappa shape index (κ3) is 2.12. The molecule has 1 aromatic carbocycles. The van der Waals surface area contributed by atoms with Crippen LogP contribution in [0.3, 0.4) is 0 Å². The molecule has 3 nitrogen and oxygen atoms in total. The molecule has 4 rings (SSSR count). The fraction of sp³-hybridized carbons (Fsp3) is 0.200. The van der Waals surface area contributed by atoms with Crippen molar-refractivity contribution in [2.24, 2.45) is 0 Å². The highest BCUT2D eigenvalue weighted by molar-refractivity contribution is 6.09. The first-order valence-electron chi connectivity index (χ1n) is 7.77. The summed E-state index contributed by atoms with van der Waals surface area (Å²) in [4.78, 5) is 9.15. The zero-order chi connectivity index (χ0) is 16.1. The number of nitrogens with zero attached hydrogens (tertiary/aromatic N) is 2. The summed E-state index contributed by atoms with van der Waals surface area (Å²) in [5.74, 6) is 0. The zero-order valence-electron chi connectivity index (χ0n) is 13.8. The fourth-order valence-electron chi connectivity index (χ4n) is 2.99. The van der Waals surface area contributed by atoms with Gasteiger partial charge in [0.1, 0.15) is 5.58 Å². The minimum absolute atomic E-state index is 0.690. The molecule has 0 aliphatic carbocycles. The lowest BCUT2D eigenvalue weighted by Gasteiger charge is -2.08. The Hall–Kier alpha value is -2.68. The Kier molecular flexibility index (Phi) is 2.98. The van der Waals surface area contributed by atoms with E-state index in [1.165, 1.54) is 11.1 Å². The van der Waals surface area contributed by atoms with Gasteiger partial charge >= 0.3 is 0 Å². The van der Waals surface area contributed by atoms with E-state index in [1.807, 2.05) is 19.2 Å². The molecule has 0 radical (unpaired) electrons. The van der Waals surface area contributed by atoms with Crippen molar-refractivity contribution in [1.82, 2.24) is 9.97 Å². The van der Waals surface area contributed by atoms with Crippen LogP contribution in [0.15, 0.2) is 40.9 Å². The lowest BCUT2D eigenvalue weighted by molar-refractivity contribution is 0.653. The van der Waals surface area contributed by atoms with E-state index in [0.29, 0.717) is 5.71 Å². The van der Waals surface area contributed by atoms with E-state index < -0.39 is 0 Å². The molecular formula is C20H18N2O. The largest absolute Gasteiger partial charge is 0.437 e. The van der Waals surface area contributed by atoms with Gasteiger partial charge in [0.2, 0.25) is 5.71 Å². The maximum Gasteiger partial charge on any atom is 0.227 e. The van der Waals surface area contributed by atoms with Crippen LogP contribution in [0.25, 0.3) is 33.3 Å². The lowest BCUT2D eigenvalue weighted by Crippen LogP contribution is -1.91. The van der Waals surface area contributed by atoms with Gasteiger partial charge in [0.25, 0.3) is 0 Å². The van der Waals surface area contributed by atoms with Crippen LogP contribution in [-0.2, 0) is 0 Å². The number of benzene rings is 1. The summed E-state index contributed by atoms with van der Waals surface area (Å²) in [6.07, 6.45) is 1.92. The van der Waals surface area contributed by atoms with Crippen LogP contribution in [0, 0.1) is 27.7 Å². The highest BCUT2D eigenvalue weighted by atomic mass is 16.3. The summed E-state index contributed by atoms with van der Waals surface area (Å²) in [7, 11) is 0. The number of furan rings is 1. The molecule has 0 unspecified atom stereocenters. The molecule has 0 saturated heterocycles. The molecule has 3 aromatic heterocycles. The third-order valence-corrected chi connectivity index (χ3v) is 4.48. The highest BCUT2D eigenvalue weighted by Crippen LogP contribution is 2.36. The Labute approximate surface area is 135 Å². The summed E-state index contributed by atoms with van der Waals surface area (Å²) < 4.78 is 6.12. The lowest BCUT2D eigenvalue weighted by atomic mass is 9.99. The van der Waals surface area contributed by atoms with Crippen LogP contribution in [0.2, 0.25) is 0 Å². The van der Waals surface area contributed by atoms with Crippen molar-refractivity contribution >= 4 is 22.1 Å². The second kappa shape index (κ2) is 4.92. The minimum Gasteiger partial charge on any atom is -0.437 e. The molecule has 3 heteroatoms. The second-order valence-corrected chi connectivity index (χ2v) is 6.20. The quantitative estimate of drug-likeness (QED) is 0.480. The summed E-state index contributed by atoms with van der Waals surface area (Å²) in [5, 5.41) is 2.14. The van der Waals surface area contributed by atoms with Crippen LogP contribution >= 0.6 is 0 Å². The topological polar surface area (TPSA) is 38.9 Å². The predicted octanol–water partition coefficient (Wildman–Crippen LogP) is 5.28. The highest BCUT2D eigenvalue weighted by Gasteiger charge is 2.16. The first-order chi connectivity index (χ1) is 11.0. The first-order valence-corrected chi connectivity index (χ1v) is 7.77. The Bertz CT molecular complexity index is 1060. The standard InChI is InChI=1S/C20H18N2O/c1-11-5-7-15-16-8-6-14(4)22-20(16)23-19(15)18(11)17-9-12(2)13(3)10-21-17/h5-10H,1-4H3. The SMILES string of the molecule is Cc1ccc2c(n1)oc1c(-c3cc(C)c(C)cn3)c(C)ccc12. The average molecular weight is 302 g/mol. The molecule has 0 aliphatic rings. The van der Waals surface area contributed by atoms with Crippen molar-refractivity contribution in [2.45, 2.75) is 27.7 Å². The minimum atomic E-state index is 0.690. The van der Waals surface area contributed by atoms with Crippen molar-refractivity contribution < 1.29 is 4.42 Å². The molecule has 0 N–H and O–H groups in total. The number of rotatable bonds is 1. The van der Waals surface area contributed by atoms with Crippen molar-refractivity contribution in [3.8, 4) is 11.3 Å². The molecule has 0 aliphatic heterocycles. The Morgan fingerprint density at radius 1 is 0.826 bits per heavy atom. The average Bonchev–Trinajstić information content (AvgIpc) is 2.87. The molecule has 0 atom stereocenters. The van der Waals surface area contributed by atoms with Gasteiger partial charge in [-0.3, -0.25) is 4.98 Å². The molecule has 114 valence electrons. The van der Waals surface area contributed by atoms with Gasteiger partial charge in [-0.1, -0.05) is 12.1 Å². The van der Waals surface area contributed by atoms with E-state index in [-0.39, 0.29) is 0 Å². The molecule has 0 bridgehead atoms. The molecule has 4 aromatic rings. The van der Waals surface area contributed by atoms with Gasteiger partial charge in [-0.25, -0.2) is 4.98 Å². The zero-order valence-corrected chi connectivity index (χ0v) is 13.8. The molecule has 0 fully saturated rings. The normalized spacial score (nSPS) is 11.5. The van der Waals surface area contributed by atoms with Gasteiger partial charge in [0.15, 0.2) is 0 Å². The van der Waals surface area contributed by atoms with Crippen LogP contribution in [-0.4, -0.2) is 9.97 Å². The van der Waals surface area contributed by atoms with Crippen LogP contribution in [0.5, 0.6) is 0 Å². The van der Waals surface area contributed by atoms with Gasteiger partial charge in [-0.15, -0.1) is 0 Å². The van der Waals surface area contributed by atoms with Gasteiger partial charge in [0, 0.05) is 28.2 Å². The summed E-state index contributed by atoms with van der Waals surface area (Å²) in [6.45, 7) is 8.26. The fourth-order valence-corrected chi connectivity index (χ4v) is 2.99. The number of pyridine rings is 2. The summed E-state index contributed by atoms with van der Waals surface area (Å²) in [5.41, 5.74) is 8.11. The molecule has 23 heavy (non-hydrogen) atoms. The number of aryl methyl sites for hydroxylation is 4. The van der Waals surface area contributed by atoms with E-state index in [9.17, 15) is 0 Å². The Morgan fingerprint density at radius 2 is 1.61 bits per heavy atom. The molecule has 0 amide bonds. The summed E-state index contributed by atoms with van der Waals surface area (Å²) >= 11 is 0. The van der Waals surface area contributed by atoms with Gasteiger partial charge in [0.05, 0.1) is 5.69 Å². The molecule has 0 spiro atoms. The number of hydrogen-bond donors (Lipinski definition) is 0. The summed E-state index contributed by atoms with van der Waals surface area (Å²) in [6, 6.07) is 10.5. The first kappa shape index (κ1) is 13.9. The van der Waals surface area contributed by atoms with E-state index in [2.05, 4.69) is 55.0 Å². The Morgan fingerprint density at radius 3 is 2.39 bits per heavy atom. The van der Waals surface area contributed by atoms with Gasteiger partial charge in [-0.2, -0.15) is 0 Å². The molecule has 0 saturated carbocycles. The number of fused-ring (bicyclic) bond motifs is 3. The Balaban J connectivity index is 2.10. The van der Waals surface area contributed by atoms with E-state index in [4.69, 9.17) is 4.42 Å². The molecular weight excluding hydrogens is 284 g/mol. The van der Waals surface area contributed by atoms with Crippen LogP contribution in [0.4, 0.5) is 0 Å². The van der Waals surface area contributed by atoms with Gasteiger partial charge < -0.3 is 4.42 Å². The van der Waals surface area contributed by atoms with Crippen LogP contribution in [0.1, 0.15) is 22.4 Å². The smallest absolute Gasteiger partial charge is 0.227 e. The maximum atomic E-state index is 6.12. The van der Waals surface area contributed by atoms with E-state index >= 15 is 0 Å². The number of aromatic nitrogens is 2. The van der Waals surface area contributed by atoms with E-state index in [0.717, 1.165) is 38.9 Å².